The van der Waals surface area contributed by atoms with E-state index in [0.717, 1.165) is 42.5 Å². The summed E-state index contributed by atoms with van der Waals surface area (Å²) >= 11 is 1.32. The molecule has 3 aliphatic rings. The lowest BCUT2D eigenvalue weighted by Crippen LogP contribution is -2.41. The summed E-state index contributed by atoms with van der Waals surface area (Å²) in [5.74, 6) is -0.614. The number of morpholine rings is 1. The van der Waals surface area contributed by atoms with Gasteiger partial charge < -0.3 is 19.9 Å². The molecule has 216 valence electrons. The van der Waals surface area contributed by atoms with Gasteiger partial charge in [0.1, 0.15) is 5.00 Å². The number of thiophene rings is 1. The van der Waals surface area contributed by atoms with Crippen LogP contribution in [0.1, 0.15) is 70.2 Å². The van der Waals surface area contributed by atoms with Gasteiger partial charge in [0.25, 0.3) is 11.8 Å². The Kier molecular flexibility index (Phi) is 8.60. The minimum Gasteiger partial charge on any atom is -0.378 e. The highest BCUT2D eigenvalue weighted by Crippen LogP contribution is 2.38. The lowest BCUT2D eigenvalue weighted by molar-refractivity contribution is -0.129. The fourth-order valence-electron chi connectivity index (χ4n) is 5.67. The van der Waals surface area contributed by atoms with Crippen molar-refractivity contribution in [3.8, 4) is 0 Å². The summed E-state index contributed by atoms with van der Waals surface area (Å²) in [5.41, 5.74) is 1.65. The second-order valence-corrected chi connectivity index (χ2v) is 13.7. The molecule has 10 nitrogen and oxygen atoms in total. The van der Waals surface area contributed by atoms with Gasteiger partial charge in [-0.1, -0.05) is 19.3 Å². The molecule has 2 aliphatic heterocycles. The quantitative estimate of drug-likeness (QED) is 0.554. The largest absolute Gasteiger partial charge is 0.378 e. The van der Waals surface area contributed by atoms with Gasteiger partial charge in [0, 0.05) is 50.1 Å². The smallest absolute Gasteiger partial charge is 0.257 e. The van der Waals surface area contributed by atoms with Crippen LogP contribution in [0.2, 0.25) is 0 Å². The Bertz CT molecular complexity index is 1380. The van der Waals surface area contributed by atoms with Gasteiger partial charge in [-0.2, -0.15) is 4.31 Å². The Balaban J connectivity index is 1.37. The summed E-state index contributed by atoms with van der Waals surface area (Å²) in [6, 6.07) is 5.94. The van der Waals surface area contributed by atoms with E-state index < -0.39 is 15.9 Å². The average Bonchev–Trinajstić information content (AvgIpc) is 3.34. The molecule has 5 rings (SSSR count). The van der Waals surface area contributed by atoms with Gasteiger partial charge in [-0.3, -0.25) is 14.4 Å². The van der Waals surface area contributed by atoms with Crippen molar-refractivity contribution in [2.75, 3.05) is 45.2 Å². The van der Waals surface area contributed by atoms with E-state index in [9.17, 15) is 22.8 Å². The number of sulfonamides is 1. The minimum absolute atomic E-state index is 0.00654. The number of anilines is 1. The van der Waals surface area contributed by atoms with E-state index in [1.165, 1.54) is 46.8 Å². The number of ether oxygens (including phenoxy) is 1. The standard InChI is InChI=1S/C28H36N4O6S2/c1-19(33)32-13-12-23-24(18-32)39-27(25(23)28(35)31-14-16-38-17-15-31)29-26(34)20-8-10-22(11-9-20)40(36,37)30(2)21-6-4-3-5-7-21/h8-11,21H,3-7,12-18H2,1-2H3,(H,29,34). The van der Waals surface area contributed by atoms with Gasteiger partial charge in [-0.25, -0.2) is 8.42 Å². The van der Waals surface area contributed by atoms with E-state index in [-0.39, 0.29) is 22.8 Å². The number of amides is 3. The first-order valence-corrected chi connectivity index (χ1v) is 16.1. The highest BCUT2D eigenvalue weighted by Gasteiger charge is 2.33. The highest BCUT2D eigenvalue weighted by molar-refractivity contribution is 7.89. The van der Waals surface area contributed by atoms with Crippen molar-refractivity contribution in [3.05, 3.63) is 45.8 Å². The van der Waals surface area contributed by atoms with Crippen LogP contribution >= 0.6 is 11.3 Å². The van der Waals surface area contributed by atoms with Crippen molar-refractivity contribution < 1.29 is 27.5 Å². The number of nitrogens with zero attached hydrogens (tertiary/aromatic N) is 3. The zero-order valence-electron chi connectivity index (χ0n) is 23.0. The Morgan fingerprint density at radius 2 is 1.68 bits per heavy atom. The van der Waals surface area contributed by atoms with E-state index >= 15 is 0 Å². The van der Waals surface area contributed by atoms with Crippen LogP contribution in [0.25, 0.3) is 0 Å². The Morgan fingerprint density at radius 1 is 1.00 bits per heavy atom. The van der Waals surface area contributed by atoms with Gasteiger partial charge in [0.15, 0.2) is 0 Å². The van der Waals surface area contributed by atoms with Crippen LogP contribution in [0.5, 0.6) is 0 Å². The minimum atomic E-state index is -3.67. The summed E-state index contributed by atoms with van der Waals surface area (Å²) in [7, 11) is -2.04. The number of hydrogen-bond acceptors (Lipinski definition) is 7. The number of nitrogens with one attached hydrogen (secondary N) is 1. The molecule has 1 saturated heterocycles. The molecule has 3 heterocycles. The van der Waals surface area contributed by atoms with Crippen LogP contribution in [0.15, 0.2) is 29.2 Å². The summed E-state index contributed by atoms with van der Waals surface area (Å²) < 4.78 is 33.3. The number of benzene rings is 1. The van der Waals surface area contributed by atoms with E-state index in [0.29, 0.717) is 61.9 Å². The SMILES string of the molecule is CC(=O)N1CCc2c(sc(NC(=O)c3ccc(S(=O)(=O)N(C)C4CCCCC4)cc3)c2C(=O)N2CCOCC2)C1. The van der Waals surface area contributed by atoms with E-state index in [1.807, 2.05) is 0 Å². The number of rotatable bonds is 6. The zero-order chi connectivity index (χ0) is 28.4. The van der Waals surface area contributed by atoms with Crippen LogP contribution < -0.4 is 5.32 Å². The lowest BCUT2D eigenvalue weighted by Gasteiger charge is -2.30. The Hall–Kier alpha value is -2.80. The second kappa shape index (κ2) is 12.0. The maximum Gasteiger partial charge on any atom is 0.257 e. The molecular weight excluding hydrogens is 552 g/mol. The molecule has 1 aliphatic carbocycles. The van der Waals surface area contributed by atoms with Crippen LogP contribution in [0, 0.1) is 0 Å². The van der Waals surface area contributed by atoms with Crippen LogP contribution in [0.4, 0.5) is 5.00 Å². The predicted octanol–water partition coefficient (Wildman–Crippen LogP) is 3.33. The first-order valence-electron chi connectivity index (χ1n) is 13.8. The van der Waals surface area contributed by atoms with Gasteiger partial charge in [0.2, 0.25) is 15.9 Å². The van der Waals surface area contributed by atoms with Crippen molar-refractivity contribution in [2.24, 2.45) is 0 Å². The third-order valence-electron chi connectivity index (χ3n) is 8.12. The third-order valence-corrected chi connectivity index (χ3v) is 11.2. The Labute approximate surface area is 239 Å². The topological polar surface area (TPSA) is 116 Å². The first-order chi connectivity index (χ1) is 19.2. The molecule has 0 unspecified atom stereocenters. The average molecular weight is 589 g/mol. The van der Waals surface area contributed by atoms with E-state index in [2.05, 4.69) is 5.32 Å². The van der Waals surface area contributed by atoms with E-state index in [1.54, 1.807) is 16.8 Å². The van der Waals surface area contributed by atoms with Crippen molar-refractivity contribution in [2.45, 2.75) is 62.9 Å². The number of hydrogen-bond donors (Lipinski definition) is 1. The van der Waals surface area contributed by atoms with Crippen LogP contribution in [0.3, 0.4) is 0 Å². The van der Waals surface area contributed by atoms with Crippen molar-refractivity contribution in [3.63, 3.8) is 0 Å². The highest BCUT2D eigenvalue weighted by atomic mass is 32.2. The fraction of sp³-hybridized carbons (Fsp3) is 0.536. The molecule has 12 heteroatoms. The van der Waals surface area contributed by atoms with Crippen molar-refractivity contribution in [1.82, 2.24) is 14.1 Å². The molecule has 3 amide bonds. The van der Waals surface area contributed by atoms with Gasteiger partial charge in [-0.05, 0) is 49.1 Å². The molecule has 1 saturated carbocycles. The molecule has 1 N–H and O–H groups in total. The van der Waals surface area contributed by atoms with Crippen molar-refractivity contribution in [1.29, 1.82) is 0 Å². The molecule has 0 bridgehead atoms. The van der Waals surface area contributed by atoms with E-state index in [4.69, 9.17) is 4.74 Å². The van der Waals surface area contributed by atoms with Crippen LogP contribution in [-0.2, 0) is 32.5 Å². The molecule has 2 aromatic rings. The van der Waals surface area contributed by atoms with Gasteiger partial charge in [-0.15, -0.1) is 11.3 Å². The lowest BCUT2D eigenvalue weighted by atomic mass is 9.96. The normalized spacial score (nSPS) is 18.5. The number of fused-ring (bicyclic) bond motifs is 1. The molecule has 2 fully saturated rings. The summed E-state index contributed by atoms with van der Waals surface area (Å²) in [6.07, 6.45) is 5.44. The second-order valence-electron chi connectivity index (χ2n) is 10.6. The molecule has 1 aromatic carbocycles. The maximum atomic E-state index is 13.6. The maximum absolute atomic E-state index is 13.6. The summed E-state index contributed by atoms with van der Waals surface area (Å²) in [5, 5.41) is 3.37. The molecular formula is C28H36N4O6S2. The fourth-order valence-corrected chi connectivity index (χ4v) is 8.34. The molecule has 0 atom stereocenters. The number of carbonyl (C=O) groups is 3. The predicted molar refractivity (Wildman–Crippen MR) is 152 cm³/mol. The number of carbonyl (C=O) groups excluding carboxylic acids is 3. The monoisotopic (exact) mass is 588 g/mol. The van der Waals surface area contributed by atoms with Gasteiger partial charge >= 0.3 is 0 Å². The summed E-state index contributed by atoms with van der Waals surface area (Å²) in [4.78, 5) is 43.4. The van der Waals surface area contributed by atoms with Crippen molar-refractivity contribution >= 4 is 44.1 Å². The molecule has 40 heavy (non-hydrogen) atoms. The first kappa shape index (κ1) is 28.7. The Morgan fingerprint density at radius 3 is 2.33 bits per heavy atom. The molecule has 0 radical (unpaired) electrons. The zero-order valence-corrected chi connectivity index (χ0v) is 24.6. The third kappa shape index (κ3) is 5.81. The van der Waals surface area contributed by atoms with Crippen LogP contribution in [-0.4, -0.2) is 86.2 Å². The van der Waals surface area contributed by atoms with Gasteiger partial charge in [0.05, 0.1) is 30.2 Å². The summed E-state index contributed by atoms with van der Waals surface area (Å²) in [6.45, 7) is 4.31. The molecule has 0 spiro atoms. The molecule has 1 aromatic heterocycles.